The molecule has 0 rings (SSSR count). The molecular formula is C65H122N2O7P+. The summed E-state index contributed by atoms with van der Waals surface area (Å²) < 4.78 is 30.7. The first-order chi connectivity index (χ1) is 36.4. The smallest absolute Gasteiger partial charge is 0.456 e. The van der Waals surface area contributed by atoms with Crippen LogP contribution in [0.2, 0.25) is 0 Å². The highest BCUT2D eigenvalue weighted by atomic mass is 31.2. The summed E-state index contributed by atoms with van der Waals surface area (Å²) in [6.07, 6.45) is 69.3. The summed E-state index contributed by atoms with van der Waals surface area (Å²) >= 11 is 0. The van der Waals surface area contributed by atoms with E-state index in [1.54, 1.807) is 0 Å². The molecule has 1 amide bonds. The minimum atomic E-state index is -4.45. The van der Waals surface area contributed by atoms with Crippen LogP contribution in [0.5, 0.6) is 0 Å². The SMILES string of the molecule is CC/C=C/C=C/C=C/CCCCCCCCCC(=O)NC(COP(=O)(O)OCC[N+](C)(C)C)C(/C=C\CCCCCCCCCCCCC)OC(=O)CCCCCCCCCCCCC/C=C/CCCCCCCC. The number of phosphoric ester groups is 1. The van der Waals surface area contributed by atoms with Crippen molar-refractivity contribution in [3.8, 4) is 0 Å². The van der Waals surface area contributed by atoms with Crippen LogP contribution in [0.25, 0.3) is 0 Å². The Morgan fingerprint density at radius 2 is 0.867 bits per heavy atom. The van der Waals surface area contributed by atoms with Crippen LogP contribution in [-0.4, -0.2) is 74.3 Å². The molecule has 0 aliphatic carbocycles. The third kappa shape index (κ3) is 56.2. The van der Waals surface area contributed by atoms with Crippen LogP contribution in [0.4, 0.5) is 0 Å². The molecule has 3 atom stereocenters. The largest absolute Gasteiger partial charge is 0.472 e. The lowest BCUT2D eigenvalue weighted by molar-refractivity contribution is -0.870. The van der Waals surface area contributed by atoms with Gasteiger partial charge in [0.2, 0.25) is 5.91 Å². The number of esters is 1. The van der Waals surface area contributed by atoms with Crippen LogP contribution < -0.4 is 5.32 Å². The summed E-state index contributed by atoms with van der Waals surface area (Å²) in [5.41, 5.74) is 0. The average Bonchev–Trinajstić information content (AvgIpc) is 3.37. The van der Waals surface area contributed by atoms with E-state index in [0.717, 1.165) is 77.0 Å². The minimum absolute atomic E-state index is 0.0368. The number of hydrogen-bond donors (Lipinski definition) is 2. The molecule has 0 radical (unpaired) electrons. The van der Waals surface area contributed by atoms with Crippen LogP contribution in [0.1, 0.15) is 290 Å². The molecule has 0 bridgehead atoms. The third-order valence-electron chi connectivity index (χ3n) is 14.0. The van der Waals surface area contributed by atoms with Gasteiger partial charge in [-0.15, -0.1) is 0 Å². The summed E-state index contributed by atoms with van der Waals surface area (Å²) in [6.45, 7) is 6.89. The fourth-order valence-electron chi connectivity index (χ4n) is 9.11. The number of unbranched alkanes of at least 4 members (excludes halogenated alkanes) is 35. The summed E-state index contributed by atoms with van der Waals surface area (Å²) in [6, 6.07) is -0.855. The Labute approximate surface area is 464 Å². The number of carbonyl (C=O) groups is 2. The molecule has 438 valence electrons. The van der Waals surface area contributed by atoms with Crippen molar-refractivity contribution in [3.05, 3.63) is 60.8 Å². The Morgan fingerprint density at radius 1 is 0.480 bits per heavy atom. The van der Waals surface area contributed by atoms with E-state index in [2.05, 4.69) is 74.7 Å². The molecule has 0 aliphatic heterocycles. The quantitative estimate of drug-likeness (QED) is 0.0156. The molecule has 75 heavy (non-hydrogen) atoms. The molecule has 0 saturated heterocycles. The molecule has 0 heterocycles. The maximum atomic E-state index is 13.5. The first-order valence-electron chi connectivity index (χ1n) is 31.6. The molecule has 2 N–H and O–H groups in total. The van der Waals surface area contributed by atoms with Crippen LogP contribution in [0.15, 0.2) is 60.8 Å². The van der Waals surface area contributed by atoms with Crippen molar-refractivity contribution in [1.82, 2.24) is 5.32 Å². The molecule has 0 aliphatic rings. The van der Waals surface area contributed by atoms with Gasteiger partial charge in [-0.2, -0.15) is 0 Å². The van der Waals surface area contributed by atoms with E-state index in [0.29, 0.717) is 17.4 Å². The number of hydrogen-bond acceptors (Lipinski definition) is 6. The molecular weight excluding hydrogens is 952 g/mol. The highest BCUT2D eigenvalue weighted by molar-refractivity contribution is 7.47. The number of carbonyl (C=O) groups excluding carboxylic acids is 2. The molecule has 0 fully saturated rings. The molecule has 0 aromatic rings. The van der Waals surface area contributed by atoms with Gasteiger partial charge < -0.3 is 19.4 Å². The normalized spacial score (nSPS) is 14.1. The van der Waals surface area contributed by atoms with Crippen molar-refractivity contribution in [2.75, 3.05) is 40.9 Å². The summed E-state index contributed by atoms with van der Waals surface area (Å²) in [4.78, 5) is 37.7. The summed E-state index contributed by atoms with van der Waals surface area (Å²) in [7, 11) is 1.49. The zero-order valence-corrected chi connectivity index (χ0v) is 50.9. The predicted molar refractivity (Wildman–Crippen MR) is 323 cm³/mol. The fraction of sp³-hybridized carbons (Fsp3) is 0.815. The number of amides is 1. The highest BCUT2D eigenvalue weighted by Crippen LogP contribution is 2.43. The van der Waals surface area contributed by atoms with E-state index >= 15 is 0 Å². The van der Waals surface area contributed by atoms with Crippen molar-refractivity contribution in [2.45, 2.75) is 303 Å². The van der Waals surface area contributed by atoms with Crippen molar-refractivity contribution < 1.29 is 37.3 Å². The average molecular weight is 1070 g/mol. The van der Waals surface area contributed by atoms with E-state index in [1.807, 2.05) is 33.3 Å². The standard InChI is InChI=1S/C65H121N2O7P/c1-7-10-13-16-19-22-25-28-30-31-32-33-34-35-37-40-43-46-49-52-55-58-65(69)74-63(56-53-50-47-44-41-38-27-24-21-18-15-12-9-3)62(61-73-75(70,71)72-60-59-67(4,5)6)66-64(68)57-54-51-48-45-42-39-36-29-26-23-20-17-14-11-8-2/h11,14,17,20,23,26,28,30,53,56,62-63H,7-10,12-13,15-16,18-19,21-22,24-25,27,29,31-52,54-55,57-61H2,1-6H3,(H-,66,68,70,71)/p+1/b14-11+,20-17+,26-23+,30-28+,56-53-. The van der Waals surface area contributed by atoms with Gasteiger partial charge in [0.1, 0.15) is 19.3 Å². The molecule has 0 aromatic carbocycles. The highest BCUT2D eigenvalue weighted by Gasteiger charge is 2.30. The van der Waals surface area contributed by atoms with Crippen molar-refractivity contribution in [1.29, 1.82) is 0 Å². The van der Waals surface area contributed by atoms with E-state index in [-0.39, 0.29) is 31.5 Å². The molecule has 0 saturated carbocycles. The second-order valence-electron chi connectivity index (χ2n) is 22.6. The zero-order valence-electron chi connectivity index (χ0n) is 50.0. The first kappa shape index (κ1) is 72.7. The Hall–Kier alpha value is -2.29. The van der Waals surface area contributed by atoms with Gasteiger partial charge in [-0.05, 0) is 76.7 Å². The number of nitrogens with one attached hydrogen (secondary N) is 1. The van der Waals surface area contributed by atoms with Crippen LogP contribution >= 0.6 is 7.82 Å². The van der Waals surface area contributed by atoms with Crippen molar-refractivity contribution in [2.24, 2.45) is 0 Å². The Morgan fingerprint density at radius 3 is 1.31 bits per heavy atom. The summed E-state index contributed by atoms with van der Waals surface area (Å²) in [5, 5.41) is 3.05. The fourth-order valence-corrected chi connectivity index (χ4v) is 9.85. The molecule has 0 aromatic heterocycles. The molecule has 3 unspecified atom stereocenters. The maximum Gasteiger partial charge on any atom is 0.472 e. The lowest BCUT2D eigenvalue weighted by Gasteiger charge is -2.27. The first-order valence-corrected chi connectivity index (χ1v) is 33.1. The van der Waals surface area contributed by atoms with Crippen molar-refractivity contribution in [3.63, 3.8) is 0 Å². The van der Waals surface area contributed by atoms with Gasteiger partial charge >= 0.3 is 13.8 Å². The maximum absolute atomic E-state index is 13.5. The predicted octanol–water partition coefficient (Wildman–Crippen LogP) is 19.4. The van der Waals surface area contributed by atoms with E-state index in [9.17, 15) is 19.0 Å². The van der Waals surface area contributed by atoms with E-state index in [1.165, 1.54) is 180 Å². The number of nitrogens with zero attached hydrogens (tertiary/aromatic N) is 1. The second kappa shape index (κ2) is 55.0. The van der Waals surface area contributed by atoms with Gasteiger partial charge in [0.25, 0.3) is 0 Å². The van der Waals surface area contributed by atoms with Gasteiger partial charge in [-0.1, -0.05) is 262 Å². The van der Waals surface area contributed by atoms with E-state index in [4.69, 9.17) is 13.8 Å². The topological polar surface area (TPSA) is 111 Å². The van der Waals surface area contributed by atoms with Crippen LogP contribution in [0, 0.1) is 0 Å². The Kier molecular flexibility index (Phi) is 53.4. The molecule has 0 spiro atoms. The van der Waals surface area contributed by atoms with Crippen LogP contribution in [0.3, 0.4) is 0 Å². The molecule has 10 heteroatoms. The number of likely N-dealkylation sites (N-methyl/N-ethyl adjacent to an activating group) is 1. The lowest BCUT2D eigenvalue weighted by Crippen LogP contribution is -2.47. The third-order valence-corrected chi connectivity index (χ3v) is 15.0. The summed E-state index contributed by atoms with van der Waals surface area (Å²) in [5.74, 6) is -0.513. The van der Waals surface area contributed by atoms with Gasteiger partial charge in [0, 0.05) is 12.8 Å². The van der Waals surface area contributed by atoms with Gasteiger partial charge in [0.05, 0.1) is 33.8 Å². The Balaban J connectivity index is 5.23. The van der Waals surface area contributed by atoms with Crippen molar-refractivity contribution >= 4 is 19.7 Å². The Bertz CT molecular complexity index is 1470. The number of phosphoric acid groups is 1. The number of quaternary nitrogens is 1. The van der Waals surface area contributed by atoms with Crippen LogP contribution in [-0.2, 0) is 27.9 Å². The monoisotopic (exact) mass is 1070 g/mol. The second-order valence-corrected chi connectivity index (χ2v) is 24.1. The zero-order chi connectivity index (χ0) is 55.0. The van der Waals surface area contributed by atoms with Gasteiger partial charge in [-0.25, -0.2) is 4.57 Å². The number of allylic oxidation sites excluding steroid dienone is 9. The number of rotatable bonds is 57. The minimum Gasteiger partial charge on any atom is -0.456 e. The van der Waals surface area contributed by atoms with E-state index < -0.39 is 20.0 Å². The lowest BCUT2D eigenvalue weighted by atomic mass is 10.0. The van der Waals surface area contributed by atoms with Gasteiger partial charge in [-0.3, -0.25) is 18.6 Å². The number of ether oxygens (including phenoxy) is 1. The molecule has 9 nitrogen and oxygen atoms in total. The van der Waals surface area contributed by atoms with Gasteiger partial charge in [0.15, 0.2) is 0 Å².